The molecule has 0 aliphatic carbocycles. The van der Waals surface area contributed by atoms with Crippen LogP contribution < -0.4 is 20.3 Å². The Morgan fingerprint density at radius 2 is 1.63 bits per heavy atom. The summed E-state index contributed by atoms with van der Waals surface area (Å²) in [4.78, 5) is 17.1. The van der Waals surface area contributed by atoms with E-state index in [1.807, 2.05) is 42.5 Å². The largest absolute Gasteiger partial charge is 0.495 e. The molecule has 3 aromatic carbocycles. The van der Waals surface area contributed by atoms with Gasteiger partial charge in [0.1, 0.15) is 11.6 Å². The van der Waals surface area contributed by atoms with E-state index in [2.05, 4.69) is 26.5 Å². The molecule has 1 saturated heterocycles. The lowest BCUT2D eigenvalue weighted by atomic mass is 10.00. The smallest absolute Gasteiger partial charge is 0.315 e. The molecule has 1 aliphatic rings. The summed E-state index contributed by atoms with van der Waals surface area (Å²) in [6.45, 7) is 5.88. The van der Waals surface area contributed by atoms with Gasteiger partial charge in [0.15, 0.2) is 0 Å². The molecule has 0 unspecified atom stereocenters. The van der Waals surface area contributed by atoms with Crippen LogP contribution >= 0.6 is 0 Å². The molecule has 0 spiro atoms. The first-order valence-electron chi connectivity index (χ1n) is 12.1. The van der Waals surface area contributed by atoms with Crippen molar-refractivity contribution in [3.63, 3.8) is 0 Å². The topological polar surface area (TPSA) is 56.8 Å². The Balaban J connectivity index is 1.16. The third kappa shape index (κ3) is 6.73. The molecule has 1 heterocycles. The molecular formula is C28H33FN4O2. The second-order valence-electron chi connectivity index (χ2n) is 8.63. The molecule has 2 amide bonds. The molecule has 1 fully saturated rings. The first kappa shape index (κ1) is 24.5. The standard InChI is InChI=1S/C28H33FN4O2/c1-35-27-10-5-4-9-26(27)33-19-17-32(18-20-33)16-6-15-30-28(34)31-21-23-7-2-3-8-25(23)22-11-13-24(29)14-12-22/h2-5,7-14H,6,15-21H2,1H3,(H2,30,31,34). The monoisotopic (exact) mass is 476 g/mol. The second-order valence-corrected chi connectivity index (χ2v) is 8.63. The van der Waals surface area contributed by atoms with E-state index in [9.17, 15) is 9.18 Å². The van der Waals surface area contributed by atoms with Gasteiger partial charge in [-0.2, -0.15) is 0 Å². The molecule has 0 radical (unpaired) electrons. The Kier molecular flexibility index (Phi) is 8.57. The van der Waals surface area contributed by atoms with Gasteiger partial charge < -0.3 is 20.3 Å². The summed E-state index contributed by atoms with van der Waals surface area (Å²) in [7, 11) is 1.71. The number of para-hydroxylation sites is 2. The Morgan fingerprint density at radius 3 is 2.40 bits per heavy atom. The highest BCUT2D eigenvalue weighted by Gasteiger charge is 2.19. The summed E-state index contributed by atoms with van der Waals surface area (Å²) in [5.41, 5.74) is 4.05. The van der Waals surface area contributed by atoms with E-state index >= 15 is 0 Å². The minimum atomic E-state index is -0.262. The number of hydrogen-bond donors (Lipinski definition) is 2. The Bertz CT molecular complexity index is 1100. The van der Waals surface area contributed by atoms with Crippen LogP contribution in [0.15, 0.2) is 72.8 Å². The number of methoxy groups -OCH3 is 1. The molecule has 4 rings (SSSR count). The van der Waals surface area contributed by atoms with Crippen LogP contribution in [0.5, 0.6) is 5.75 Å². The maximum Gasteiger partial charge on any atom is 0.315 e. The summed E-state index contributed by atoms with van der Waals surface area (Å²) >= 11 is 0. The maximum atomic E-state index is 13.3. The number of carbonyl (C=O) groups excluding carboxylic acids is 1. The number of halogens is 1. The van der Waals surface area contributed by atoms with Crippen LogP contribution in [-0.4, -0.2) is 57.3 Å². The van der Waals surface area contributed by atoms with Crippen LogP contribution in [0.1, 0.15) is 12.0 Å². The van der Waals surface area contributed by atoms with Crippen molar-refractivity contribution in [3.8, 4) is 16.9 Å². The average Bonchev–Trinajstić information content (AvgIpc) is 2.91. The van der Waals surface area contributed by atoms with Crippen molar-refractivity contribution >= 4 is 11.7 Å². The normalized spacial score (nSPS) is 13.9. The highest BCUT2D eigenvalue weighted by Crippen LogP contribution is 2.28. The van der Waals surface area contributed by atoms with Crippen LogP contribution in [0, 0.1) is 5.82 Å². The molecular weight excluding hydrogens is 443 g/mol. The van der Waals surface area contributed by atoms with E-state index in [0.717, 1.165) is 67.3 Å². The van der Waals surface area contributed by atoms with E-state index in [-0.39, 0.29) is 11.8 Å². The second kappa shape index (κ2) is 12.2. The average molecular weight is 477 g/mol. The van der Waals surface area contributed by atoms with Crippen LogP contribution in [0.25, 0.3) is 11.1 Å². The molecule has 2 N–H and O–H groups in total. The van der Waals surface area contributed by atoms with Crippen molar-refractivity contribution in [2.45, 2.75) is 13.0 Å². The number of nitrogens with zero attached hydrogens (tertiary/aromatic N) is 2. The molecule has 0 atom stereocenters. The van der Waals surface area contributed by atoms with Gasteiger partial charge >= 0.3 is 6.03 Å². The fourth-order valence-corrected chi connectivity index (χ4v) is 4.43. The molecule has 184 valence electrons. The molecule has 6 nitrogen and oxygen atoms in total. The van der Waals surface area contributed by atoms with E-state index in [1.165, 1.54) is 12.1 Å². The third-order valence-corrected chi connectivity index (χ3v) is 6.35. The van der Waals surface area contributed by atoms with Gasteiger partial charge in [-0.25, -0.2) is 9.18 Å². The van der Waals surface area contributed by atoms with Crippen molar-refractivity contribution in [1.29, 1.82) is 0 Å². The molecule has 3 aromatic rings. The summed E-state index contributed by atoms with van der Waals surface area (Å²) in [5.74, 6) is 0.651. The lowest BCUT2D eigenvalue weighted by molar-refractivity contribution is 0.235. The molecule has 0 saturated carbocycles. The number of piperazine rings is 1. The first-order chi connectivity index (χ1) is 17.1. The highest BCUT2D eigenvalue weighted by molar-refractivity contribution is 5.74. The summed E-state index contributed by atoms with van der Waals surface area (Å²) in [6, 6.07) is 22.2. The fraction of sp³-hybridized carbons (Fsp3) is 0.321. The Hall–Kier alpha value is -3.58. The predicted octanol–water partition coefficient (Wildman–Crippen LogP) is 4.51. The van der Waals surface area contributed by atoms with Crippen molar-refractivity contribution < 1.29 is 13.9 Å². The lowest BCUT2D eigenvalue weighted by Crippen LogP contribution is -2.47. The number of amides is 2. The number of urea groups is 1. The number of anilines is 1. The Labute approximate surface area is 206 Å². The maximum absolute atomic E-state index is 13.3. The summed E-state index contributed by atoms with van der Waals surface area (Å²) in [5, 5.41) is 5.89. The zero-order valence-electron chi connectivity index (χ0n) is 20.2. The summed E-state index contributed by atoms with van der Waals surface area (Å²) in [6.07, 6.45) is 0.897. The SMILES string of the molecule is COc1ccccc1N1CCN(CCCNC(=O)NCc2ccccc2-c2ccc(F)cc2)CC1. The predicted molar refractivity (Wildman–Crippen MR) is 138 cm³/mol. The number of benzene rings is 3. The van der Waals surface area contributed by atoms with E-state index in [1.54, 1.807) is 19.2 Å². The highest BCUT2D eigenvalue weighted by atomic mass is 19.1. The Morgan fingerprint density at radius 1 is 0.914 bits per heavy atom. The number of hydrogen-bond acceptors (Lipinski definition) is 4. The van der Waals surface area contributed by atoms with Gasteiger partial charge in [-0.05, 0) is 53.9 Å². The van der Waals surface area contributed by atoms with Crippen LogP contribution in [0.4, 0.5) is 14.9 Å². The van der Waals surface area contributed by atoms with Gasteiger partial charge in [0.05, 0.1) is 12.8 Å². The van der Waals surface area contributed by atoms with Crippen molar-refractivity contribution in [2.75, 3.05) is 51.3 Å². The lowest BCUT2D eigenvalue weighted by Gasteiger charge is -2.36. The number of carbonyl (C=O) groups is 1. The summed E-state index contributed by atoms with van der Waals surface area (Å²) < 4.78 is 18.8. The van der Waals surface area contributed by atoms with Crippen molar-refractivity contribution in [1.82, 2.24) is 15.5 Å². The fourth-order valence-electron chi connectivity index (χ4n) is 4.43. The van der Waals surface area contributed by atoms with Crippen molar-refractivity contribution in [3.05, 3.63) is 84.2 Å². The molecule has 1 aliphatic heterocycles. The van der Waals surface area contributed by atoms with Crippen molar-refractivity contribution in [2.24, 2.45) is 0 Å². The third-order valence-electron chi connectivity index (χ3n) is 6.35. The molecule has 7 heteroatoms. The van der Waals surface area contributed by atoms with Gasteiger partial charge in [0.25, 0.3) is 0 Å². The number of nitrogens with one attached hydrogen (secondary N) is 2. The zero-order valence-corrected chi connectivity index (χ0v) is 20.2. The zero-order chi connectivity index (χ0) is 24.5. The van der Waals surface area contributed by atoms with E-state index in [4.69, 9.17) is 4.74 Å². The first-order valence-corrected chi connectivity index (χ1v) is 12.1. The van der Waals surface area contributed by atoms with Crippen LogP contribution in [-0.2, 0) is 6.54 Å². The minimum Gasteiger partial charge on any atom is -0.495 e. The van der Waals surface area contributed by atoms with Gasteiger partial charge in [-0.15, -0.1) is 0 Å². The van der Waals surface area contributed by atoms with Gasteiger partial charge in [0, 0.05) is 39.3 Å². The molecule has 0 aromatic heterocycles. The molecule has 0 bridgehead atoms. The number of rotatable bonds is 9. The van der Waals surface area contributed by atoms with Crippen LogP contribution in [0.3, 0.4) is 0 Å². The minimum absolute atomic E-state index is 0.181. The van der Waals surface area contributed by atoms with E-state index in [0.29, 0.717) is 13.1 Å². The van der Waals surface area contributed by atoms with Gasteiger partial charge in [-0.1, -0.05) is 48.5 Å². The number of ether oxygens (including phenoxy) is 1. The van der Waals surface area contributed by atoms with E-state index < -0.39 is 0 Å². The van der Waals surface area contributed by atoms with Gasteiger partial charge in [0.2, 0.25) is 0 Å². The quantitative estimate of drug-likeness (QED) is 0.446. The molecule has 35 heavy (non-hydrogen) atoms. The van der Waals surface area contributed by atoms with Crippen LogP contribution in [0.2, 0.25) is 0 Å². The van der Waals surface area contributed by atoms with Gasteiger partial charge in [-0.3, -0.25) is 4.90 Å².